The molecule has 3 aliphatic rings. The van der Waals surface area contributed by atoms with Crippen molar-refractivity contribution in [1.29, 1.82) is 0 Å². The SMILES string of the molecule is CC1CCC2[C@@H](C)CO[C@@H]3OC(C)(O)CCC1[C@@]23O. The molecular weight excluding hydrogens is 244 g/mol. The van der Waals surface area contributed by atoms with Crippen LogP contribution in [0.2, 0.25) is 0 Å². The average molecular weight is 270 g/mol. The van der Waals surface area contributed by atoms with E-state index in [1.54, 1.807) is 6.92 Å². The minimum absolute atomic E-state index is 0.160. The summed E-state index contributed by atoms with van der Waals surface area (Å²) in [7, 11) is 0. The Morgan fingerprint density at radius 2 is 1.68 bits per heavy atom. The first-order chi connectivity index (χ1) is 8.84. The highest BCUT2D eigenvalue weighted by atomic mass is 16.7. The van der Waals surface area contributed by atoms with E-state index < -0.39 is 17.7 Å². The number of aliphatic hydroxyl groups is 2. The van der Waals surface area contributed by atoms with Gasteiger partial charge in [-0.25, -0.2) is 0 Å². The molecule has 3 rings (SSSR count). The molecule has 3 fully saturated rings. The van der Waals surface area contributed by atoms with Gasteiger partial charge in [-0.1, -0.05) is 13.8 Å². The van der Waals surface area contributed by atoms with Gasteiger partial charge in [0.05, 0.1) is 6.61 Å². The second-order valence-corrected chi connectivity index (χ2v) is 7.13. The Bertz CT molecular complexity index is 356. The van der Waals surface area contributed by atoms with Crippen molar-refractivity contribution < 1.29 is 19.7 Å². The van der Waals surface area contributed by atoms with Gasteiger partial charge in [-0.2, -0.15) is 0 Å². The van der Waals surface area contributed by atoms with Crippen molar-refractivity contribution in [3.8, 4) is 0 Å². The predicted octanol–water partition coefficient (Wildman–Crippen LogP) is 1.89. The van der Waals surface area contributed by atoms with Gasteiger partial charge in [0.2, 0.25) is 0 Å². The fourth-order valence-electron chi connectivity index (χ4n) is 4.54. The topological polar surface area (TPSA) is 58.9 Å². The highest BCUT2D eigenvalue weighted by molar-refractivity contribution is 5.06. The molecule has 4 heteroatoms. The van der Waals surface area contributed by atoms with E-state index in [-0.39, 0.29) is 11.8 Å². The van der Waals surface area contributed by atoms with E-state index in [1.807, 2.05) is 0 Å². The summed E-state index contributed by atoms with van der Waals surface area (Å²) in [6.07, 6.45) is 2.86. The molecular formula is C15H26O4. The molecule has 2 aliphatic heterocycles. The number of hydrogen-bond acceptors (Lipinski definition) is 4. The van der Waals surface area contributed by atoms with Crippen LogP contribution in [-0.4, -0.2) is 34.5 Å². The Labute approximate surface area is 115 Å². The van der Waals surface area contributed by atoms with E-state index in [1.165, 1.54) is 0 Å². The van der Waals surface area contributed by atoms with Gasteiger partial charge in [0.1, 0.15) is 5.60 Å². The van der Waals surface area contributed by atoms with E-state index in [2.05, 4.69) is 13.8 Å². The number of ether oxygens (including phenoxy) is 2. The van der Waals surface area contributed by atoms with Gasteiger partial charge < -0.3 is 19.7 Å². The molecule has 1 aliphatic carbocycles. The summed E-state index contributed by atoms with van der Waals surface area (Å²) < 4.78 is 11.5. The smallest absolute Gasteiger partial charge is 0.190 e. The number of rotatable bonds is 0. The maximum absolute atomic E-state index is 11.4. The Morgan fingerprint density at radius 1 is 1.00 bits per heavy atom. The van der Waals surface area contributed by atoms with Crippen LogP contribution in [0.25, 0.3) is 0 Å². The fourth-order valence-corrected chi connectivity index (χ4v) is 4.54. The Morgan fingerprint density at radius 3 is 2.42 bits per heavy atom. The van der Waals surface area contributed by atoms with E-state index in [4.69, 9.17) is 9.47 Å². The fraction of sp³-hybridized carbons (Fsp3) is 1.00. The molecule has 2 saturated heterocycles. The van der Waals surface area contributed by atoms with Crippen molar-refractivity contribution in [2.24, 2.45) is 23.7 Å². The molecule has 0 aromatic heterocycles. The number of hydrogen-bond donors (Lipinski definition) is 2. The van der Waals surface area contributed by atoms with Crippen LogP contribution < -0.4 is 0 Å². The molecule has 19 heavy (non-hydrogen) atoms. The summed E-state index contributed by atoms with van der Waals surface area (Å²) in [4.78, 5) is 0. The molecule has 4 unspecified atom stereocenters. The largest absolute Gasteiger partial charge is 0.384 e. The van der Waals surface area contributed by atoms with Gasteiger partial charge in [-0.05, 0) is 49.9 Å². The average Bonchev–Trinajstić information content (AvgIpc) is 2.42. The van der Waals surface area contributed by atoms with Crippen molar-refractivity contribution in [1.82, 2.24) is 0 Å². The highest BCUT2D eigenvalue weighted by Crippen LogP contribution is 2.54. The molecule has 0 bridgehead atoms. The Kier molecular flexibility index (Phi) is 3.21. The van der Waals surface area contributed by atoms with Crippen LogP contribution in [0.3, 0.4) is 0 Å². The second-order valence-electron chi connectivity index (χ2n) is 7.13. The molecule has 0 amide bonds. The lowest BCUT2D eigenvalue weighted by Gasteiger charge is -2.55. The maximum Gasteiger partial charge on any atom is 0.190 e. The zero-order valence-electron chi connectivity index (χ0n) is 12.1. The molecule has 2 heterocycles. The zero-order valence-corrected chi connectivity index (χ0v) is 12.1. The van der Waals surface area contributed by atoms with E-state index in [0.29, 0.717) is 24.9 Å². The third kappa shape index (κ3) is 2.04. The summed E-state index contributed by atoms with van der Waals surface area (Å²) in [5.74, 6) is -0.00450. The second kappa shape index (κ2) is 4.42. The van der Waals surface area contributed by atoms with Gasteiger partial charge in [-0.15, -0.1) is 0 Å². The third-order valence-corrected chi connectivity index (χ3v) is 5.66. The first-order valence-corrected chi connectivity index (χ1v) is 7.59. The van der Waals surface area contributed by atoms with Crippen molar-refractivity contribution in [2.75, 3.05) is 6.61 Å². The van der Waals surface area contributed by atoms with Crippen molar-refractivity contribution in [3.63, 3.8) is 0 Å². The van der Waals surface area contributed by atoms with Crippen LogP contribution in [0, 0.1) is 23.7 Å². The van der Waals surface area contributed by atoms with Crippen molar-refractivity contribution in [3.05, 3.63) is 0 Å². The van der Waals surface area contributed by atoms with Gasteiger partial charge in [-0.3, -0.25) is 0 Å². The van der Waals surface area contributed by atoms with Crippen molar-refractivity contribution >= 4 is 0 Å². The van der Waals surface area contributed by atoms with Crippen LogP contribution in [0.5, 0.6) is 0 Å². The lowest BCUT2D eigenvalue weighted by molar-refractivity contribution is -0.363. The molecule has 1 saturated carbocycles. The highest BCUT2D eigenvalue weighted by Gasteiger charge is 2.61. The molecule has 2 N–H and O–H groups in total. The summed E-state index contributed by atoms with van der Waals surface area (Å²) in [5, 5.41) is 21.6. The molecule has 0 aromatic rings. The first-order valence-electron chi connectivity index (χ1n) is 7.59. The van der Waals surface area contributed by atoms with Gasteiger partial charge in [0.15, 0.2) is 12.1 Å². The normalized spacial score (nSPS) is 58.3. The first kappa shape index (κ1) is 13.8. The van der Waals surface area contributed by atoms with Crippen LogP contribution in [0.1, 0.15) is 46.5 Å². The summed E-state index contributed by atoms with van der Waals surface area (Å²) >= 11 is 0. The zero-order chi connectivity index (χ0) is 13.8. The predicted molar refractivity (Wildman–Crippen MR) is 70.2 cm³/mol. The van der Waals surface area contributed by atoms with E-state index in [9.17, 15) is 10.2 Å². The van der Waals surface area contributed by atoms with Crippen LogP contribution >= 0.6 is 0 Å². The van der Waals surface area contributed by atoms with Gasteiger partial charge in [0, 0.05) is 6.42 Å². The molecule has 0 spiro atoms. The Hall–Kier alpha value is -0.160. The summed E-state index contributed by atoms with van der Waals surface area (Å²) in [5.41, 5.74) is -0.935. The molecule has 110 valence electrons. The minimum atomic E-state index is -1.19. The van der Waals surface area contributed by atoms with Crippen LogP contribution in [0.15, 0.2) is 0 Å². The van der Waals surface area contributed by atoms with Crippen LogP contribution in [0.4, 0.5) is 0 Å². The monoisotopic (exact) mass is 270 g/mol. The standard InChI is InChI=1S/C15H26O4/c1-9-4-5-11-10(2)8-18-13-15(11,17)12(9)6-7-14(3,16)19-13/h9-13,16-17H,4-8H2,1-3H3/t9?,10-,11?,12?,13+,14?,15-/m0/s1. The quantitative estimate of drug-likeness (QED) is 0.706. The molecule has 4 nitrogen and oxygen atoms in total. The summed E-state index contributed by atoms with van der Waals surface area (Å²) in [6.45, 7) is 6.63. The van der Waals surface area contributed by atoms with E-state index in [0.717, 1.165) is 19.3 Å². The van der Waals surface area contributed by atoms with Gasteiger partial charge in [0.25, 0.3) is 0 Å². The van der Waals surface area contributed by atoms with E-state index >= 15 is 0 Å². The molecule has 0 radical (unpaired) electrons. The third-order valence-electron chi connectivity index (χ3n) is 5.66. The lowest BCUT2D eigenvalue weighted by atomic mass is 9.58. The van der Waals surface area contributed by atoms with Crippen molar-refractivity contribution in [2.45, 2.75) is 64.1 Å². The van der Waals surface area contributed by atoms with Gasteiger partial charge >= 0.3 is 0 Å². The maximum atomic E-state index is 11.4. The van der Waals surface area contributed by atoms with Crippen LogP contribution in [-0.2, 0) is 9.47 Å². The Balaban J connectivity index is 2.00. The molecule has 0 aromatic carbocycles. The summed E-state index contributed by atoms with van der Waals surface area (Å²) in [6, 6.07) is 0. The molecule has 7 atom stereocenters. The lowest BCUT2D eigenvalue weighted by Crippen LogP contribution is -2.64. The minimum Gasteiger partial charge on any atom is -0.384 e.